The summed E-state index contributed by atoms with van der Waals surface area (Å²) in [7, 11) is 1.61. The number of nitrogens with one attached hydrogen (secondary N) is 3. The maximum absolute atomic E-state index is 14.0. The lowest BCUT2D eigenvalue weighted by atomic mass is 9.82. The first-order valence-corrected chi connectivity index (χ1v) is 12.3. The Morgan fingerprint density at radius 3 is 2.11 bits per heavy atom. The molecule has 7 heteroatoms. The predicted molar refractivity (Wildman–Crippen MR) is 146 cm³/mol. The number of hydrogen-bond donors (Lipinski definition) is 3. The maximum Gasteiger partial charge on any atom is 0.264 e. The van der Waals surface area contributed by atoms with Gasteiger partial charge in [0.1, 0.15) is 5.75 Å². The van der Waals surface area contributed by atoms with Crippen LogP contribution >= 0.6 is 0 Å². The molecule has 4 aromatic carbocycles. The highest BCUT2D eigenvalue weighted by molar-refractivity contribution is 6.10. The fraction of sp³-hybridized carbons (Fsp3) is 0.129. The Kier molecular flexibility index (Phi) is 6.91. The molecule has 7 nitrogen and oxygen atoms in total. The van der Waals surface area contributed by atoms with Gasteiger partial charge in [0, 0.05) is 12.1 Å². The molecule has 0 spiro atoms. The SMILES string of the molecule is COc1ccc(CNC(=O)c2cccc(CN3C(=N)NC(c4ccccc4)(c4ccccc4)C3=O)c2)cc1. The molecule has 0 saturated carbocycles. The van der Waals surface area contributed by atoms with E-state index in [1.807, 2.05) is 91.0 Å². The lowest BCUT2D eigenvalue weighted by Gasteiger charge is -2.28. The fourth-order valence-corrected chi connectivity index (χ4v) is 4.71. The van der Waals surface area contributed by atoms with Gasteiger partial charge in [0.25, 0.3) is 11.8 Å². The molecule has 190 valence electrons. The number of guanidine groups is 1. The molecule has 1 heterocycles. The number of carbonyl (C=O) groups is 2. The van der Waals surface area contributed by atoms with E-state index in [4.69, 9.17) is 10.1 Å². The number of amides is 2. The summed E-state index contributed by atoms with van der Waals surface area (Å²) in [4.78, 5) is 28.3. The Hall–Kier alpha value is -4.91. The van der Waals surface area contributed by atoms with Gasteiger partial charge in [-0.05, 0) is 46.5 Å². The second-order valence-corrected chi connectivity index (χ2v) is 9.08. The van der Waals surface area contributed by atoms with Crippen LogP contribution in [0.4, 0.5) is 0 Å². The molecule has 5 rings (SSSR count). The lowest BCUT2D eigenvalue weighted by molar-refractivity contribution is -0.130. The minimum absolute atomic E-state index is 0.0112. The molecule has 0 aliphatic carbocycles. The van der Waals surface area contributed by atoms with Crippen molar-refractivity contribution in [2.45, 2.75) is 18.6 Å². The minimum atomic E-state index is -1.20. The molecule has 3 N–H and O–H groups in total. The Bertz CT molecular complexity index is 1410. The number of carbonyl (C=O) groups excluding carboxylic acids is 2. The molecule has 0 bridgehead atoms. The van der Waals surface area contributed by atoms with Crippen molar-refractivity contribution in [1.82, 2.24) is 15.5 Å². The summed E-state index contributed by atoms with van der Waals surface area (Å²) in [5.74, 6) is 0.311. The van der Waals surface area contributed by atoms with E-state index in [0.29, 0.717) is 12.1 Å². The van der Waals surface area contributed by atoms with Crippen LogP contribution in [0.1, 0.15) is 32.6 Å². The first-order valence-electron chi connectivity index (χ1n) is 12.3. The van der Waals surface area contributed by atoms with Crippen molar-refractivity contribution in [2.24, 2.45) is 0 Å². The Balaban J connectivity index is 1.35. The number of hydrogen-bond acceptors (Lipinski definition) is 4. The fourth-order valence-electron chi connectivity index (χ4n) is 4.71. The van der Waals surface area contributed by atoms with Crippen LogP contribution in [-0.4, -0.2) is 29.8 Å². The summed E-state index contributed by atoms with van der Waals surface area (Å²) in [5, 5.41) is 14.8. The van der Waals surface area contributed by atoms with Crippen molar-refractivity contribution in [3.8, 4) is 5.75 Å². The number of methoxy groups -OCH3 is 1. The molecule has 4 aromatic rings. The zero-order valence-electron chi connectivity index (χ0n) is 21.0. The van der Waals surface area contributed by atoms with Gasteiger partial charge in [-0.2, -0.15) is 0 Å². The van der Waals surface area contributed by atoms with Crippen LogP contribution in [0, 0.1) is 5.41 Å². The molecule has 1 aliphatic heterocycles. The van der Waals surface area contributed by atoms with Gasteiger partial charge in [-0.1, -0.05) is 84.9 Å². The highest BCUT2D eigenvalue weighted by atomic mass is 16.5. The summed E-state index contributed by atoms with van der Waals surface area (Å²) in [6.45, 7) is 0.536. The average Bonchev–Trinajstić information content (AvgIpc) is 3.23. The molecular weight excluding hydrogens is 476 g/mol. The summed E-state index contributed by atoms with van der Waals surface area (Å²) in [5.41, 5.74) is 2.51. The van der Waals surface area contributed by atoms with E-state index in [1.165, 1.54) is 4.90 Å². The molecule has 1 saturated heterocycles. The molecule has 0 aromatic heterocycles. The molecule has 1 aliphatic rings. The number of nitrogens with zero attached hydrogens (tertiary/aromatic N) is 1. The van der Waals surface area contributed by atoms with Gasteiger partial charge in [-0.3, -0.25) is 19.9 Å². The van der Waals surface area contributed by atoms with Gasteiger partial charge in [-0.25, -0.2) is 0 Å². The minimum Gasteiger partial charge on any atom is -0.497 e. The van der Waals surface area contributed by atoms with Crippen LogP contribution in [0.5, 0.6) is 5.75 Å². The van der Waals surface area contributed by atoms with Gasteiger partial charge >= 0.3 is 0 Å². The monoisotopic (exact) mass is 504 g/mol. The van der Waals surface area contributed by atoms with Crippen molar-refractivity contribution in [1.29, 1.82) is 5.41 Å². The molecule has 2 amide bonds. The predicted octanol–water partition coefficient (Wildman–Crippen LogP) is 4.44. The van der Waals surface area contributed by atoms with E-state index in [-0.39, 0.29) is 24.3 Å². The van der Waals surface area contributed by atoms with E-state index < -0.39 is 5.54 Å². The van der Waals surface area contributed by atoms with Crippen LogP contribution in [0.2, 0.25) is 0 Å². The number of benzene rings is 4. The smallest absolute Gasteiger partial charge is 0.264 e. The summed E-state index contributed by atoms with van der Waals surface area (Å²) >= 11 is 0. The topological polar surface area (TPSA) is 94.5 Å². The lowest BCUT2D eigenvalue weighted by Crippen LogP contribution is -2.45. The van der Waals surface area contributed by atoms with E-state index >= 15 is 0 Å². The van der Waals surface area contributed by atoms with E-state index in [2.05, 4.69) is 10.6 Å². The van der Waals surface area contributed by atoms with E-state index in [1.54, 1.807) is 25.3 Å². The standard InChI is InChI=1S/C31H28N4O3/c1-38-27-17-15-22(16-18-27)20-33-28(36)24-10-8-9-23(19-24)21-35-29(37)31(34-30(35)32,25-11-4-2-5-12-25)26-13-6-3-7-14-26/h2-19H,20-21H2,1H3,(H2,32,34)(H,33,36). The Morgan fingerprint density at radius 2 is 1.50 bits per heavy atom. The van der Waals surface area contributed by atoms with Crippen LogP contribution in [0.25, 0.3) is 0 Å². The third kappa shape index (κ3) is 4.74. The van der Waals surface area contributed by atoms with Crippen LogP contribution in [0.3, 0.4) is 0 Å². The second-order valence-electron chi connectivity index (χ2n) is 9.08. The van der Waals surface area contributed by atoms with Crippen molar-refractivity contribution in [3.05, 3.63) is 137 Å². The second kappa shape index (κ2) is 10.6. The Morgan fingerprint density at radius 1 is 0.868 bits per heavy atom. The molecule has 0 atom stereocenters. The largest absolute Gasteiger partial charge is 0.497 e. The molecule has 1 fully saturated rings. The highest BCUT2D eigenvalue weighted by Crippen LogP contribution is 2.36. The van der Waals surface area contributed by atoms with Crippen LogP contribution < -0.4 is 15.4 Å². The van der Waals surface area contributed by atoms with Gasteiger partial charge < -0.3 is 15.4 Å². The van der Waals surface area contributed by atoms with Gasteiger partial charge in [-0.15, -0.1) is 0 Å². The Labute approximate surface area is 221 Å². The number of rotatable bonds is 8. The average molecular weight is 505 g/mol. The van der Waals surface area contributed by atoms with Crippen LogP contribution in [0.15, 0.2) is 109 Å². The van der Waals surface area contributed by atoms with Crippen molar-refractivity contribution < 1.29 is 14.3 Å². The zero-order valence-corrected chi connectivity index (χ0v) is 21.0. The van der Waals surface area contributed by atoms with Gasteiger partial charge in [0.05, 0.1) is 13.7 Å². The van der Waals surface area contributed by atoms with E-state index in [9.17, 15) is 9.59 Å². The quantitative estimate of drug-likeness (QED) is 0.331. The first kappa shape index (κ1) is 24.8. The van der Waals surface area contributed by atoms with Crippen molar-refractivity contribution in [3.63, 3.8) is 0 Å². The van der Waals surface area contributed by atoms with E-state index in [0.717, 1.165) is 28.0 Å². The molecule has 0 unspecified atom stereocenters. The summed E-state index contributed by atoms with van der Waals surface area (Å²) in [6.07, 6.45) is 0. The summed E-state index contributed by atoms with van der Waals surface area (Å²) in [6, 6.07) is 33.5. The van der Waals surface area contributed by atoms with Gasteiger partial charge in [0.15, 0.2) is 11.5 Å². The third-order valence-corrected chi connectivity index (χ3v) is 6.70. The highest BCUT2D eigenvalue weighted by Gasteiger charge is 2.52. The molecule has 38 heavy (non-hydrogen) atoms. The summed E-state index contributed by atoms with van der Waals surface area (Å²) < 4.78 is 5.18. The van der Waals surface area contributed by atoms with Crippen LogP contribution in [-0.2, 0) is 23.4 Å². The third-order valence-electron chi connectivity index (χ3n) is 6.70. The molecule has 0 radical (unpaired) electrons. The zero-order chi connectivity index (χ0) is 26.5. The van der Waals surface area contributed by atoms with Crippen molar-refractivity contribution in [2.75, 3.05) is 7.11 Å². The number of ether oxygens (including phenoxy) is 1. The maximum atomic E-state index is 14.0. The van der Waals surface area contributed by atoms with Gasteiger partial charge in [0.2, 0.25) is 0 Å². The first-order chi connectivity index (χ1) is 18.5. The molecular formula is C31H28N4O3. The normalized spacial score (nSPS) is 14.2. The van der Waals surface area contributed by atoms with Crippen molar-refractivity contribution >= 4 is 17.8 Å².